The van der Waals surface area contributed by atoms with Crippen molar-refractivity contribution in [3.05, 3.63) is 27.9 Å². The van der Waals surface area contributed by atoms with Crippen molar-refractivity contribution in [3.63, 3.8) is 0 Å². The fourth-order valence-corrected chi connectivity index (χ4v) is 4.18. The molecule has 2 aliphatic heterocycles. The first-order valence-electron chi connectivity index (χ1n) is 8.31. The summed E-state index contributed by atoms with van der Waals surface area (Å²) in [5.41, 5.74) is 3.88. The van der Waals surface area contributed by atoms with Crippen LogP contribution >= 0.6 is 11.3 Å². The van der Waals surface area contributed by atoms with Crippen molar-refractivity contribution in [1.29, 1.82) is 0 Å². The molecule has 1 atom stereocenters. The van der Waals surface area contributed by atoms with Crippen LogP contribution < -0.4 is 0 Å². The number of aromatic nitrogens is 1. The summed E-state index contributed by atoms with van der Waals surface area (Å²) >= 11 is 1.72. The minimum Gasteiger partial charge on any atom is -0.501 e. The van der Waals surface area contributed by atoms with Gasteiger partial charge in [-0.05, 0) is 39.2 Å². The summed E-state index contributed by atoms with van der Waals surface area (Å²) in [5.74, 6) is 0.732. The average Bonchev–Trinajstić information content (AvgIpc) is 3.17. The highest BCUT2D eigenvalue weighted by molar-refractivity contribution is 7.09. The quantitative estimate of drug-likeness (QED) is 0.829. The van der Waals surface area contributed by atoms with Crippen molar-refractivity contribution in [3.8, 4) is 0 Å². The smallest absolute Gasteiger partial charge is 0.252 e. The molecule has 0 bridgehead atoms. The van der Waals surface area contributed by atoms with Crippen LogP contribution in [-0.4, -0.2) is 54.0 Å². The topological polar surface area (TPSA) is 45.7 Å². The van der Waals surface area contributed by atoms with E-state index in [2.05, 4.69) is 23.9 Å². The Labute approximate surface area is 141 Å². The van der Waals surface area contributed by atoms with Crippen LogP contribution in [0.4, 0.5) is 0 Å². The molecule has 3 rings (SSSR count). The number of hydrogen-bond acceptors (Lipinski definition) is 5. The maximum atomic E-state index is 12.5. The SMILES string of the molecule is Cc1ncsc1CN(C)CC1CCN(C(=O)C2=COCCC2)C1. The summed E-state index contributed by atoms with van der Waals surface area (Å²) in [6.07, 6.45) is 4.56. The van der Waals surface area contributed by atoms with E-state index in [0.29, 0.717) is 5.92 Å². The van der Waals surface area contributed by atoms with E-state index in [-0.39, 0.29) is 5.91 Å². The molecule has 0 radical (unpaired) electrons. The van der Waals surface area contributed by atoms with Crippen LogP contribution in [0.25, 0.3) is 0 Å². The van der Waals surface area contributed by atoms with E-state index in [1.54, 1.807) is 17.6 Å². The molecular weight excluding hydrogens is 310 g/mol. The zero-order valence-corrected chi connectivity index (χ0v) is 14.8. The van der Waals surface area contributed by atoms with Crippen molar-refractivity contribution in [2.24, 2.45) is 5.92 Å². The second-order valence-corrected chi connectivity index (χ2v) is 7.52. The van der Waals surface area contributed by atoms with Crippen LogP contribution in [0, 0.1) is 12.8 Å². The number of rotatable bonds is 5. The van der Waals surface area contributed by atoms with E-state index >= 15 is 0 Å². The number of ether oxygens (including phenoxy) is 1. The molecule has 6 heteroatoms. The van der Waals surface area contributed by atoms with Crippen molar-refractivity contribution < 1.29 is 9.53 Å². The van der Waals surface area contributed by atoms with Crippen LogP contribution in [0.2, 0.25) is 0 Å². The van der Waals surface area contributed by atoms with Crippen LogP contribution in [-0.2, 0) is 16.1 Å². The number of thiazole rings is 1. The number of nitrogens with zero attached hydrogens (tertiary/aromatic N) is 3. The molecule has 23 heavy (non-hydrogen) atoms. The zero-order valence-electron chi connectivity index (χ0n) is 14.0. The Balaban J connectivity index is 1.48. The van der Waals surface area contributed by atoms with Gasteiger partial charge in [-0.2, -0.15) is 0 Å². The van der Waals surface area contributed by atoms with Crippen molar-refractivity contribution in [2.45, 2.75) is 32.7 Å². The summed E-state index contributed by atoms with van der Waals surface area (Å²) in [4.78, 5) is 22.5. The largest absolute Gasteiger partial charge is 0.501 e. The molecule has 0 aromatic carbocycles. The third-order valence-electron chi connectivity index (χ3n) is 4.61. The molecule has 5 nitrogen and oxygen atoms in total. The van der Waals surface area contributed by atoms with Crippen molar-refractivity contribution in [2.75, 3.05) is 33.3 Å². The summed E-state index contributed by atoms with van der Waals surface area (Å²) in [5, 5.41) is 0. The fourth-order valence-electron chi connectivity index (χ4n) is 3.32. The first kappa shape index (κ1) is 16.5. The molecule has 1 aromatic heterocycles. The van der Waals surface area contributed by atoms with Gasteiger partial charge in [-0.1, -0.05) is 0 Å². The second kappa shape index (κ2) is 7.45. The van der Waals surface area contributed by atoms with Crippen molar-refractivity contribution >= 4 is 17.2 Å². The van der Waals surface area contributed by atoms with Crippen LogP contribution in [0.5, 0.6) is 0 Å². The molecule has 1 unspecified atom stereocenters. The Hall–Kier alpha value is -1.40. The normalized spacial score (nSPS) is 21.4. The minimum absolute atomic E-state index is 0.174. The predicted octanol–water partition coefficient (Wildman–Crippen LogP) is 2.43. The summed E-state index contributed by atoms with van der Waals surface area (Å²) in [6.45, 7) is 6.50. The third kappa shape index (κ3) is 4.12. The first-order chi connectivity index (χ1) is 11.1. The second-order valence-electron chi connectivity index (χ2n) is 6.58. The van der Waals surface area contributed by atoms with Crippen LogP contribution in [0.3, 0.4) is 0 Å². The van der Waals surface area contributed by atoms with Gasteiger partial charge in [0.2, 0.25) is 0 Å². The van der Waals surface area contributed by atoms with Gasteiger partial charge in [0.1, 0.15) is 0 Å². The summed E-state index contributed by atoms with van der Waals surface area (Å²) < 4.78 is 5.30. The Morgan fingerprint density at radius 3 is 3.13 bits per heavy atom. The lowest BCUT2D eigenvalue weighted by molar-refractivity contribution is -0.126. The minimum atomic E-state index is 0.174. The molecule has 1 saturated heterocycles. The standard InChI is InChI=1S/C17H25N3O2S/c1-13-16(23-12-18-13)10-19(2)8-14-5-6-20(9-14)17(21)15-4-3-7-22-11-15/h11-12,14H,3-10H2,1-2H3. The molecule has 0 saturated carbocycles. The molecule has 1 fully saturated rings. The van der Waals surface area contributed by atoms with Gasteiger partial charge in [-0.25, -0.2) is 4.98 Å². The monoisotopic (exact) mass is 335 g/mol. The van der Waals surface area contributed by atoms with Crippen LogP contribution in [0.15, 0.2) is 17.3 Å². The summed E-state index contributed by atoms with van der Waals surface area (Å²) in [7, 11) is 2.15. The van der Waals surface area contributed by atoms with Crippen LogP contribution in [0.1, 0.15) is 29.8 Å². The molecule has 1 amide bonds. The van der Waals surface area contributed by atoms with E-state index in [4.69, 9.17) is 4.74 Å². The Morgan fingerprint density at radius 1 is 1.57 bits per heavy atom. The molecule has 2 aliphatic rings. The number of carbonyl (C=O) groups is 1. The molecule has 126 valence electrons. The molecule has 1 aromatic rings. The number of amides is 1. The number of aryl methyl sites for hydroxylation is 1. The number of carbonyl (C=O) groups excluding carboxylic acids is 1. The van der Waals surface area contributed by atoms with Gasteiger partial charge in [0, 0.05) is 31.1 Å². The van der Waals surface area contributed by atoms with E-state index in [1.165, 1.54) is 4.88 Å². The van der Waals surface area contributed by atoms with E-state index in [0.717, 1.165) is 63.3 Å². The highest BCUT2D eigenvalue weighted by Crippen LogP contribution is 2.23. The molecule has 0 aliphatic carbocycles. The van der Waals surface area contributed by atoms with E-state index in [1.807, 2.05) is 10.4 Å². The fraction of sp³-hybridized carbons (Fsp3) is 0.647. The van der Waals surface area contributed by atoms with Gasteiger partial charge in [-0.15, -0.1) is 11.3 Å². The molecule has 0 N–H and O–H groups in total. The lowest BCUT2D eigenvalue weighted by Gasteiger charge is -2.22. The first-order valence-corrected chi connectivity index (χ1v) is 9.19. The maximum absolute atomic E-state index is 12.5. The summed E-state index contributed by atoms with van der Waals surface area (Å²) in [6, 6.07) is 0. The Bertz CT molecular complexity index is 584. The Morgan fingerprint density at radius 2 is 2.43 bits per heavy atom. The average molecular weight is 335 g/mol. The number of likely N-dealkylation sites (tertiary alicyclic amines) is 1. The zero-order chi connectivity index (χ0) is 16.2. The van der Waals surface area contributed by atoms with E-state index in [9.17, 15) is 4.79 Å². The molecule has 3 heterocycles. The van der Waals surface area contributed by atoms with Crippen molar-refractivity contribution in [1.82, 2.24) is 14.8 Å². The van der Waals surface area contributed by atoms with E-state index < -0.39 is 0 Å². The van der Waals surface area contributed by atoms with Gasteiger partial charge >= 0.3 is 0 Å². The van der Waals surface area contributed by atoms with Gasteiger partial charge in [0.15, 0.2) is 0 Å². The van der Waals surface area contributed by atoms with Gasteiger partial charge < -0.3 is 14.5 Å². The maximum Gasteiger partial charge on any atom is 0.252 e. The lowest BCUT2D eigenvalue weighted by Crippen LogP contribution is -2.33. The Kier molecular flexibility index (Phi) is 5.33. The van der Waals surface area contributed by atoms with Gasteiger partial charge in [0.05, 0.1) is 29.6 Å². The number of hydrogen-bond donors (Lipinski definition) is 0. The lowest BCUT2D eigenvalue weighted by atomic mass is 10.1. The predicted molar refractivity (Wildman–Crippen MR) is 91.1 cm³/mol. The molecular formula is C17H25N3O2S. The third-order valence-corrected chi connectivity index (χ3v) is 5.53. The molecule has 0 spiro atoms. The highest BCUT2D eigenvalue weighted by Gasteiger charge is 2.29. The highest BCUT2D eigenvalue weighted by atomic mass is 32.1. The van der Waals surface area contributed by atoms with Gasteiger partial charge in [0.25, 0.3) is 5.91 Å². The van der Waals surface area contributed by atoms with Gasteiger partial charge in [-0.3, -0.25) is 4.79 Å².